The fourth-order valence-corrected chi connectivity index (χ4v) is 10.3. The van der Waals surface area contributed by atoms with Crippen LogP contribution in [0.5, 0.6) is 0 Å². The number of nitrogens with one attached hydrogen (secondary N) is 2. The van der Waals surface area contributed by atoms with Crippen LogP contribution in [-0.4, -0.2) is 109 Å². The van der Waals surface area contributed by atoms with Gasteiger partial charge in [0.15, 0.2) is 22.8 Å². The average molecular weight is 1040 g/mol. The van der Waals surface area contributed by atoms with Gasteiger partial charge in [-0.1, -0.05) is 110 Å². The number of amides is 2. The second-order valence-electron chi connectivity index (χ2n) is 16.9. The second-order valence-corrected chi connectivity index (χ2v) is 22.1. The zero-order valence-corrected chi connectivity index (χ0v) is 41.9. The fourth-order valence-electron chi connectivity index (χ4n) is 6.91. The number of carbonyl (C=O) groups excluding carboxylic acids is 4. The molecule has 25 nitrogen and oxygen atoms in total. The number of thioether (sulfide) groups is 1. The molecule has 0 aromatic carbocycles. The third kappa shape index (κ3) is 21.7. The first kappa shape index (κ1) is 59.5. The number of nitrogen functional groups attached to an aromatic ring is 1. The predicted molar refractivity (Wildman–Crippen MR) is 238 cm³/mol. The van der Waals surface area contributed by atoms with Gasteiger partial charge in [-0.3, -0.25) is 32.9 Å². The van der Waals surface area contributed by atoms with Crippen molar-refractivity contribution in [1.29, 1.82) is 0 Å². The molecule has 68 heavy (non-hydrogen) atoms. The maximum absolute atomic E-state index is 12.6. The average Bonchev–Trinajstić information content (AvgIpc) is 3.82. The van der Waals surface area contributed by atoms with Crippen LogP contribution in [0.1, 0.15) is 130 Å². The molecule has 1 fully saturated rings. The molecule has 0 aliphatic carbocycles. The highest BCUT2D eigenvalue weighted by Crippen LogP contribution is 2.56. The Labute approximate surface area is 399 Å². The largest absolute Gasteiger partial charge is 0.790 e. The molecule has 2 amide bonds. The van der Waals surface area contributed by atoms with Crippen LogP contribution >= 0.6 is 35.2 Å². The first-order valence-corrected chi connectivity index (χ1v) is 27.8. The molecule has 2 unspecified atom stereocenters. The van der Waals surface area contributed by atoms with Gasteiger partial charge in [-0.15, -0.1) is 0 Å². The molecule has 6 N–H and O–H groups in total. The number of aromatic nitrogens is 4. The number of rotatable bonds is 35. The molecule has 0 saturated carbocycles. The molecular weight excluding hydrogens is 979 g/mol. The molecule has 1 aliphatic rings. The van der Waals surface area contributed by atoms with Crippen LogP contribution in [0, 0.1) is 5.41 Å². The van der Waals surface area contributed by atoms with E-state index in [-0.39, 0.29) is 59.6 Å². The molecule has 0 spiro atoms. The number of ether oxygens (including phenoxy) is 1. The van der Waals surface area contributed by atoms with E-state index in [1.54, 1.807) is 0 Å². The number of unbranched alkanes of at least 4 members (excludes halogenated alkanes) is 12. The number of hydrogen-bond acceptors (Lipinski definition) is 23. The van der Waals surface area contributed by atoms with Gasteiger partial charge in [0.1, 0.15) is 42.0 Å². The number of ketones is 1. The van der Waals surface area contributed by atoms with E-state index in [4.69, 9.17) is 10.5 Å². The molecular formula is C39H64N7O18P3S-4. The molecule has 3 rings (SSSR count). The standard InChI is InChI=1S/C39H68N7O18P3S/c1-4-5-6-7-8-9-10-11-12-13-14-15-16-17-27(47)22-30(49)68-21-20-41-29(48)18-19-42-37(52)34(51)39(2,3)24-61-67(58,59)64-66(56,57)60-23-28-33(63-65(53,54)55)32(50)38(62-28)46-26-45-31-35(40)43-25-44-36(31)46/h25-26,28,32-34,38,50-51H,4-24H2,1-3H3,(H,41,48)(H,42,52)(H,56,57)(H,58,59)(H2,40,43,44)(H2,53,54,55)/p-4/t28-,32-,33-,34+,38-/m1/s1. The third-order valence-electron chi connectivity index (χ3n) is 10.6. The number of hydrogen-bond donors (Lipinski definition) is 5. The summed E-state index contributed by atoms with van der Waals surface area (Å²) in [7, 11) is -17.6. The van der Waals surface area contributed by atoms with E-state index in [9.17, 15) is 62.7 Å². The van der Waals surface area contributed by atoms with Crippen LogP contribution in [0.2, 0.25) is 0 Å². The zero-order valence-electron chi connectivity index (χ0n) is 38.4. The summed E-state index contributed by atoms with van der Waals surface area (Å²) in [5, 5.41) is 26.0. The Balaban J connectivity index is 1.31. The molecule has 1 aliphatic heterocycles. The Morgan fingerprint density at radius 3 is 2.10 bits per heavy atom. The summed E-state index contributed by atoms with van der Waals surface area (Å²) in [6.07, 6.45) is 8.02. The van der Waals surface area contributed by atoms with E-state index in [0.717, 1.165) is 54.7 Å². The number of nitrogens with two attached hydrogens (primary N) is 1. The predicted octanol–water partition coefficient (Wildman–Crippen LogP) is 1.58. The number of phosphoric ester groups is 3. The Bertz CT molecular complexity index is 2080. The minimum absolute atomic E-state index is 0.0254. The quantitative estimate of drug-likeness (QED) is 0.0371. The molecule has 2 aromatic rings. The van der Waals surface area contributed by atoms with Gasteiger partial charge in [0.05, 0.1) is 33.8 Å². The third-order valence-corrected chi connectivity index (χ3v) is 14.5. The van der Waals surface area contributed by atoms with E-state index < -0.39 is 84.6 Å². The molecule has 1 saturated heterocycles. The summed E-state index contributed by atoms with van der Waals surface area (Å²) in [6.45, 7) is 2.16. The van der Waals surface area contributed by atoms with Gasteiger partial charge >= 0.3 is 0 Å². The van der Waals surface area contributed by atoms with Gasteiger partial charge in [0, 0.05) is 37.1 Å². The summed E-state index contributed by atoms with van der Waals surface area (Å²) in [5.41, 5.74) is 4.05. The number of imidazole rings is 1. The van der Waals surface area contributed by atoms with E-state index >= 15 is 0 Å². The highest BCUT2D eigenvalue weighted by Gasteiger charge is 2.47. The summed E-state index contributed by atoms with van der Waals surface area (Å²) in [6, 6.07) is 0. The van der Waals surface area contributed by atoms with Crippen LogP contribution in [0.4, 0.5) is 5.82 Å². The smallest absolute Gasteiger partial charge is 0.274 e. The number of phosphoric acid groups is 3. The van der Waals surface area contributed by atoms with Gasteiger partial charge in [0.25, 0.3) is 15.6 Å². The van der Waals surface area contributed by atoms with Crippen LogP contribution in [0.3, 0.4) is 0 Å². The van der Waals surface area contributed by atoms with Crippen LogP contribution in [0.25, 0.3) is 11.2 Å². The Morgan fingerprint density at radius 2 is 1.49 bits per heavy atom. The minimum Gasteiger partial charge on any atom is -0.790 e. The molecule has 7 atom stereocenters. The lowest BCUT2D eigenvalue weighted by molar-refractivity contribution is -0.347. The summed E-state index contributed by atoms with van der Waals surface area (Å²) < 4.78 is 60.8. The Hall–Kier alpha value is -2.77. The molecule has 2 aromatic heterocycles. The van der Waals surface area contributed by atoms with Crippen molar-refractivity contribution in [2.24, 2.45) is 5.41 Å². The molecule has 0 radical (unpaired) electrons. The lowest BCUT2D eigenvalue weighted by atomic mass is 9.87. The number of nitrogens with zero attached hydrogens (tertiary/aromatic N) is 4. The van der Waals surface area contributed by atoms with Crippen LogP contribution in [-0.2, 0) is 55.5 Å². The maximum Gasteiger partial charge on any atom is 0.274 e. The summed E-state index contributed by atoms with van der Waals surface area (Å²) >= 11 is 0.928. The number of anilines is 1. The van der Waals surface area contributed by atoms with Gasteiger partial charge < -0.3 is 69.0 Å². The monoisotopic (exact) mass is 1040 g/mol. The van der Waals surface area contributed by atoms with Crippen molar-refractivity contribution in [2.45, 2.75) is 154 Å². The second kappa shape index (κ2) is 28.9. The number of aliphatic hydroxyl groups is 2. The topological polar surface area (TPSA) is 392 Å². The van der Waals surface area contributed by atoms with Gasteiger partial charge in [-0.25, -0.2) is 19.3 Å². The first-order chi connectivity index (χ1) is 31.9. The van der Waals surface area contributed by atoms with E-state index in [1.165, 1.54) is 71.6 Å². The van der Waals surface area contributed by atoms with E-state index in [1.807, 2.05) is 0 Å². The maximum atomic E-state index is 12.6. The van der Waals surface area contributed by atoms with Gasteiger partial charge in [-0.2, -0.15) is 0 Å². The van der Waals surface area contributed by atoms with Crippen molar-refractivity contribution in [3.8, 4) is 0 Å². The zero-order chi connectivity index (χ0) is 50.5. The highest BCUT2D eigenvalue weighted by atomic mass is 32.2. The number of carbonyl (C=O) groups is 4. The first-order valence-electron chi connectivity index (χ1n) is 22.4. The van der Waals surface area contributed by atoms with Crippen molar-refractivity contribution in [3.05, 3.63) is 12.7 Å². The normalized spacial score (nSPS) is 19.9. The van der Waals surface area contributed by atoms with Crippen molar-refractivity contribution < 1.29 is 85.3 Å². The van der Waals surface area contributed by atoms with E-state index in [0.29, 0.717) is 6.42 Å². The fraction of sp³-hybridized carbons (Fsp3) is 0.769. The van der Waals surface area contributed by atoms with E-state index in [2.05, 4.69) is 50.4 Å². The van der Waals surface area contributed by atoms with Crippen molar-refractivity contribution in [2.75, 3.05) is 37.8 Å². The van der Waals surface area contributed by atoms with Gasteiger partial charge in [0.2, 0.25) is 11.8 Å². The number of Topliss-reactive ketones (excluding diaryl/α,β-unsaturated/α-hetero) is 1. The van der Waals surface area contributed by atoms with Crippen LogP contribution in [0.15, 0.2) is 12.7 Å². The summed E-state index contributed by atoms with van der Waals surface area (Å²) in [4.78, 5) is 109. The Kier molecular flexibility index (Phi) is 25.3. The SMILES string of the molecule is CCCCCCCCCCCCCCCC(=O)CC(=O)SCCNC(=O)CCNC(=O)[C@H](O)C(C)(C)COP(=O)([O-])OP(=O)([O-])OC[C@H]1O[C@@H](n2cnc3c(N)ncnc32)[C@H](O)[C@@H]1OP(=O)([O-])[O-]. The van der Waals surface area contributed by atoms with Crippen molar-refractivity contribution in [3.63, 3.8) is 0 Å². The molecule has 3 heterocycles. The van der Waals surface area contributed by atoms with Gasteiger partial charge in [-0.05, 0) is 6.42 Å². The molecule has 0 bridgehead atoms. The minimum atomic E-state index is -5.93. The Morgan fingerprint density at radius 1 is 0.882 bits per heavy atom. The lowest BCUT2D eigenvalue weighted by Crippen LogP contribution is -2.46. The number of fused-ring (bicyclic) bond motifs is 1. The van der Waals surface area contributed by atoms with Crippen molar-refractivity contribution >= 4 is 74.9 Å². The van der Waals surface area contributed by atoms with Crippen molar-refractivity contribution in [1.82, 2.24) is 30.2 Å². The highest BCUT2D eigenvalue weighted by molar-refractivity contribution is 8.13. The molecule has 388 valence electrons. The lowest BCUT2D eigenvalue weighted by Gasteiger charge is -2.36. The van der Waals surface area contributed by atoms with Crippen LogP contribution < -0.4 is 35.9 Å². The number of aliphatic hydroxyl groups excluding tert-OH is 2. The summed E-state index contributed by atoms with van der Waals surface area (Å²) in [5.74, 6) is -1.51. The molecule has 29 heteroatoms.